The normalized spacial score (nSPS) is 33.9. The van der Waals surface area contributed by atoms with Crippen LogP contribution >= 0.6 is 12.2 Å². The molecule has 0 radical (unpaired) electrons. The zero-order valence-corrected chi connectivity index (χ0v) is 14.0. The van der Waals surface area contributed by atoms with Crippen molar-refractivity contribution in [2.24, 2.45) is 11.8 Å². The van der Waals surface area contributed by atoms with Gasteiger partial charge in [-0.1, -0.05) is 43.9 Å². The molecule has 118 valence electrons. The molecule has 3 aliphatic rings. The molecule has 22 heavy (non-hydrogen) atoms. The molecule has 1 saturated heterocycles. The summed E-state index contributed by atoms with van der Waals surface area (Å²) < 4.78 is 0. The smallest absolute Gasteiger partial charge is 0.173 e. The predicted octanol–water partition coefficient (Wildman–Crippen LogP) is 4.82. The summed E-state index contributed by atoms with van der Waals surface area (Å²) in [6, 6.07) is 11.8. The lowest BCUT2D eigenvalue weighted by Gasteiger charge is -2.36. The van der Waals surface area contributed by atoms with Gasteiger partial charge in [0.1, 0.15) is 0 Å². The second-order valence-corrected chi connectivity index (χ2v) is 7.62. The molecule has 3 heteroatoms. The van der Waals surface area contributed by atoms with E-state index in [0.717, 1.165) is 22.6 Å². The van der Waals surface area contributed by atoms with Crippen molar-refractivity contribution in [3.63, 3.8) is 0 Å². The van der Waals surface area contributed by atoms with E-state index in [1.807, 2.05) is 0 Å². The van der Waals surface area contributed by atoms with Crippen LogP contribution in [0.5, 0.6) is 0 Å². The van der Waals surface area contributed by atoms with Crippen LogP contribution in [0.15, 0.2) is 30.3 Å². The first-order valence-corrected chi connectivity index (χ1v) is 9.40. The Labute approximate surface area is 139 Å². The van der Waals surface area contributed by atoms with Crippen molar-refractivity contribution in [2.45, 2.75) is 63.5 Å². The van der Waals surface area contributed by atoms with Crippen molar-refractivity contribution in [1.82, 2.24) is 4.90 Å². The number of nitrogens with zero attached hydrogens (tertiary/aromatic N) is 1. The van der Waals surface area contributed by atoms with Crippen LogP contribution in [0.2, 0.25) is 0 Å². The molecule has 2 saturated carbocycles. The molecule has 0 aromatic heterocycles. The molecule has 2 nitrogen and oxygen atoms in total. The second-order valence-electron chi connectivity index (χ2n) is 7.23. The Hall–Kier alpha value is -1.09. The van der Waals surface area contributed by atoms with Gasteiger partial charge in [-0.2, -0.15) is 0 Å². The number of para-hydroxylation sites is 1. The van der Waals surface area contributed by atoms with E-state index in [0.29, 0.717) is 12.1 Å². The van der Waals surface area contributed by atoms with E-state index >= 15 is 0 Å². The van der Waals surface area contributed by atoms with Crippen LogP contribution in [-0.2, 0) is 0 Å². The highest BCUT2D eigenvalue weighted by atomic mass is 32.1. The van der Waals surface area contributed by atoms with E-state index in [4.69, 9.17) is 12.2 Å². The van der Waals surface area contributed by atoms with E-state index < -0.39 is 0 Å². The van der Waals surface area contributed by atoms with Gasteiger partial charge in [-0.15, -0.1) is 0 Å². The summed E-state index contributed by atoms with van der Waals surface area (Å²) in [5, 5.41) is 4.48. The van der Waals surface area contributed by atoms with Crippen molar-refractivity contribution in [2.75, 3.05) is 5.32 Å². The van der Waals surface area contributed by atoms with Gasteiger partial charge < -0.3 is 10.2 Å². The van der Waals surface area contributed by atoms with Crippen molar-refractivity contribution in [1.29, 1.82) is 0 Å². The average molecular weight is 314 g/mol. The largest absolute Gasteiger partial charge is 0.342 e. The van der Waals surface area contributed by atoms with E-state index in [1.54, 1.807) is 0 Å². The summed E-state index contributed by atoms with van der Waals surface area (Å²) in [5.41, 5.74) is 1.12. The van der Waals surface area contributed by atoms with Crippen LogP contribution in [0.25, 0.3) is 0 Å². The number of thiocarbonyl (C=S) groups is 1. The summed E-state index contributed by atoms with van der Waals surface area (Å²) in [7, 11) is 0. The van der Waals surface area contributed by atoms with Crippen molar-refractivity contribution >= 4 is 23.0 Å². The van der Waals surface area contributed by atoms with Gasteiger partial charge in [0.2, 0.25) is 0 Å². The Bertz CT molecular complexity index is 507. The minimum atomic E-state index is 0.700. The lowest BCUT2D eigenvalue weighted by molar-refractivity contribution is 0.231. The van der Waals surface area contributed by atoms with Crippen LogP contribution in [0.3, 0.4) is 0 Å². The quantitative estimate of drug-likeness (QED) is 0.748. The molecule has 1 aromatic carbocycles. The third-order valence-corrected chi connectivity index (χ3v) is 6.40. The number of fused-ring (bicyclic) bond motifs is 3. The SMILES string of the molecule is S=C(Nc1ccccc1)N1C2CCCCC2C2CCCCC21. The summed E-state index contributed by atoms with van der Waals surface area (Å²) >= 11 is 5.85. The number of anilines is 1. The van der Waals surface area contributed by atoms with E-state index in [9.17, 15) is 0 Å². The molecule has 2 aliphatic carbocycles. The average Bonchev–Trinajstić information content (AvgIpc) is 2.90. The number of hydrogen-bond donors (Lipinski definition) is 1. The molecular weight excluding hydrogens is 288 g/mol. The Balaban J connectivity index is 1.57. The maximum absolute atomic E-state index is 5.85. The number of nitrogens with one attached hydrogen (secondary N) is 1. The summed E-state index contributed by atoms with van der Waals surface area (Å²) in [5.74, 6) is 1.80. The van der Waals surface area contributed by atoms with Crippen LogP contribution in [0.4, 0.5) is 5.69 Å². The van der Waals surface area contributed by atoms with Crippen molar-refractivity contribution in [3.05, 3.63) is 30.3 Å². The van der Waals surface area contributed by atoms with Gasteiger partial charge >= 0.3 is 0 Å². The molecule has 4 rings (SSSR count). The summed E-state index contributed by atoms with van der Waals surface area (Å²) in [6.07, 6.45) is 11.2. The number of hydrogen-bond acceptors (Lipinski definition) is 1. The minimum Gasteiger partial charge on any atom is -0.342 e. The zero-order valence-electron chi connectivity index (χ0n) is 13.2. The molecule has 4 atom stereocenters. The van der Waals surface area contributed by atoms with Crippen LogP contribution in [0, 0.1) is 11.8 Å². The Morgan fingerprint density at radius 1 is 0.864 bits per heavy atom. The second kappa shape index (κ2) is 6.19. The van der Waals surface area contributed by atoms with Gasteiger partial charge in [0.25, 0.3) is 0 Å². The van der Waals surface area contributed by atoms with Gasteiger partial charge in [0.15, 0.2) is 5.11 Å². The Kier molecular flexibility index (Phi) is 4.08. The molecule has 1 heterocycles. The Morgan fingerprint density at radius 2 is 1.41 bits per heavy atom. The van der Waals surface area contributed by atoms with Gasteiger partial charge in [-0.25, -0.2) is 0 Å². The summed E-state index contributed by atoms with van der Waals surface area (Å²) in [4.78, 5) is 2.62. The first-order valence-electron chi connectivity index (χ1n) is 8.99. The van der Waals surface area contributed by atoms with Gasteiger partial charge in [-0.3, -0.25) is 0 Å². The van der Waals surface area contributed by atoms with Gasteiger partial charge in [0, 0.05) is 17.8 Å². The van der Waals surface area contributed by atoms with Crippen molar-refractivity contribution in [3.8, 4) is 0 Å². The fourth-order valence-corrected chi connectivity index (χ4v) is 5.61. The monoisotopic (exact) mass is 314 g/mol. The first-order chi connectivity index (χ1) is 10.8. The first kappa shape index (κ1) is 14.5. The van der Waals surface area contributed by atoms with Crippen LogP contribution < -0.4 is 5.32 Å². The van der Waals surface area contributed by atoms with E-state index in [1.165, 1.54) is 51.4 Å². The van der Waals surface area contributed by atoms with Crippen LogP contribution in [-0.4, -0.2) is 22.1 Å². The van der Waals surface area contributed by atoms with Crippen LogP contribution in [0.1, 0.15) is 51.4 Å². The fourth-order valence-electron chi connectivity index (χ4n) is 5.23. The third-order valence-electron chi connectivity index (χ3n) is 6.09. The minimum absolute atomic E-state index is 0.700. The number of benzene rings is 1. The lowest BCUT2D eigenvalue weighted by Crippen LogP contribution is -2.46. The van der Waals surface area contributed by atoms with Gasteiger partial charge in [0.05, 0.1) is 0 Å². The molecule has 3 fully saturated rings. The predicted molar refractivity (Wildman–Crippen MR) is 96.0 cm³/mol. The van der Waals surface area contributed by atoms with Crippen molar-refractivity contribution < 1.29 is 0 Å². The van der Waals surface area contributed by atoms with E-state index in [-0.39, 0.29) is 0 Å². The van der Waals surface area contributed by atoms with Gasteiger partial charge in [-0.05, 0) is 61.9 Å². The number of rotatable bonds is 1. The highest BCUT2D eigenvalue weighted by Crippen LogP contribution is 2.49. The molecule has 1 N–H and O–H groups in total. The topological polar surface area (TPSA) is 15.3 Å². The lowest BCUT2D eigenvalue weighted by atomic mass is 9.73. The maximum atomic E-state index is 5.85. The molecule has 1 aliphatic heterocycles. The zero-order chi connectivity index (χ0) is 14.9. The molecule has 4 unspecified atom stereocenters. The third kappa shape index (κ3) is 2.54. The highest BCUT2D eigenvalue weighted by Gasteiger charge is 2.50. The standard InChI is InChI=1S/C19H26N2S/c22-19(20-14-8-2-1-3-9-14)21-17-12-6-4-10-15(17)16-11-5-7-13-18(16)21/h1-3,8-9,15-18H,4-7,10-13H2,(H,20,22). The number of likely N-dealkylation sites (tertiary alicyclic amines) is 1. The maximum Gasteiger partial charge on any atom is 0.173 e. The summed E-state index contributed by atoms with van der Waals surface area (Å²) in [6.45, 7) is 0. The van der Waals surface area contributed by atoms with E-state index in [2.05, 4.69) is 40.5 Å². The molecule has 1 aromatic rings. The molecule has 0 amide bonds. The highest BCUT2D eigenvalue weighted by molar-refractivity contribution is 7.80. The molecule has 0 bridgehead atoms. The fraction of sp³-hybridized carbons (Fsp3) is 0.632. The Morgan fingerprint density at radius 3 is 2.00 bits per heavy atom. The molecule has 0 spiro atoms. The molecular formula is C19H26N2S.